The van der Waals surface area contributed by atoms with E-state index in [2.05, 4.69) is 27.0 Å². The van der Waals surface area contributed by atoms with E-state index in [1.165, 1.54) is 18.4 Å². The number of nitrogens with one attached hydrogen (secondary N) is 1. The van der Waals surface area contributed by atoms with Crippen LogP contribution >= 0.6 is 35.5 Å². The summed E-state index contributed by atoms with van der Waals surface area (Å²) in [4.78, 5) is 16.7. The van der Waals surface area contributed by atoms with Gasteiger partial charge in [0.2, 0.25) is 0 Å². The van der Waals surface area contributed by atoms with Crippen LogP contribution in [0.2, 0.25) is 0 Å². The minimum atomic E-state index is 0. The van der Waals surface area contributed by atoms with Crippen molar-refractivity contribution in [1.82, 2.24) is 10.2 Å². The standard InChI is InChI=1S/C20H24N2OS2.ClH/c1-24-17-5-3-2-4-16(17)19(23)22(13-15-6-11-25-14-15)18-12-20(18)7-9-21-10-8-20;/h2-6,11,14,18,21H,7-10,12-13H2,1H3;1H. The molecule has 0 bridgehead atoms. The monoisotopic (exact) mass is 408 g/mol. The number of piperidine rings is 1. The second kappa shape index (κ2) is 8.34. The second-order valence-corrected chi connectivity index (χ2v) is 8.73. The summed E-state index contributed by atoms with van der Waals surface area (Å²) in [5.41, 5.74) is 2.45. The predicted octanol–water partition coefficient (Wildman–Crippen LogP) is 4.68. The van der Waals surface area contributed by atoms with Gasteiger partial charge in [-0.2, -0.15) is 11.3 Å². The molecule has 1 aromatic carbocycles. The minimum Gasteiger partial charge on any atom is -0.331 e. The molecule has 2 aliphatic rings. The normalized spacial score (nSPS) is 20.4. The average Bonchev–Trinajstić information content (AvgIpc) is 3.08. The van der Waals surface area contributed by atoms with E-state index in [1.807, 2.05) is 30.5 Å². The van der Waals surface area contributed by atoms with Crippen LogP contribution in [0.1, 0.15) is 35.2 Å². The van der Waals surface area contributed by atoms with Crippen LogP contribution in [0.15, 0.2) is 46.0 Å². The molecule has 0 radical (unpaired) electrons. The summed E-state index contributed by atoms with van der Waals surface area (Å²) in [6.45, 7) is 2.89. The highest BCUT2D eigenvalue weighted by Gasteiger charge is 2.57. The van der Waals surface area contributed by atoms with Gasteiger partial charge in [-0.3, -0.25) is 4.79 Å². The molecule has 3 nitrogen and oxygen atoms in total. The van der Waals surface area contributed by atoms with Crippen molar-refractivity contribution in [3.05, 3.63) is 52.2 Å². The number of hydrogen-bond donors (Lipinski definition) is 1. The van der Waals surface area contributed by atoms with Gasteiger partial charge in [0.1, 0.15) is 0 Å². The summed E-state index contributed by atoms with van der Waals surface area (Å²) in [5.74, 6) is 0.191. The van der Waals surface area contributed by atoms with Crippen LogP contribution in [0.25, 0.3) is 0 Å². The molecule has 6 heteroatoms. The van der Waals surface area contributed by atoms with Crippen molar-refractivity contribution in [2.75, 3.05) is 19.3 Å². The van der Waals surface area contributed by atoms with Crippen LogP contribution in [-0.4, -0.2) is 36.2 Å². The Kier molecular flexibility index (Phi) is 6.33. The van der Waals surface area contributed by atoms with Crippen molar-refractivity contribution in [3.63, 3.8) is 0 Å². The number of halogens is 1. The maximum absolute atomic E-state index is 13.5. The Morgan fingerprint density at radius 3 is 2.77 bits per heavy atom. The zero-order valence-corrected chi connectivity index (χ0v) is 17.4. The van der Waals surface area contributed by atoms with E-state index in [1.54, 1.807) is 23.1 Å². The molecular weight excluding hydrogens is 384 g/mol. The molecular formula is C20H25ClN2OS2. The number of hydrogen-bond acceptors (Lipinski definition) is 4. The summed E-state index contributed by atoms with van der Waals surface area (Å²) >= 11 is 3.36. The van der Waals surface area contributed by atoms with Crippen LogP contribution in [0.5, 0.6) is 0 Å². The van der Waals surface area contributed by atoms with Crippen molar-refractivity contribution in [2.24, 2.45) is 5.41 Å². The van der Waals surface area contributed by atoms with Gasteiger partial charge in [0, 0.05) is 17.5 Å². The Balaban J connectivity index is 0.00000196. The summed E-state index contributed by atoms with van der Waals surface area (Å²) < 4.78 is 0. The van der Waals surface area contributed by atoms with E-state index in [4.69, 9.17) is 0 Å². The molecule has 1 aliphatic carbocycles. The zero-order valence-electron chi connectivity index (χ0n) is 14.9. The summed E-state index contributed by atoms with van der Waals surface area (Å²) in [5, 5.41) is 7.72. The fourth-order valence-corrected chi connectivity index (χ4v) is 5.36. The number of benzene rings is 1. The molecule has 140 valence electrons. The van der Waals surface area contributed by atoms with E-state index in [0.717, 1.165) is 36.5 Å². The molecule has 2 fully saturated rings. The molecule has 1 aliphatic heterocycles. The Labute approximate surface area is 170 Å². The third kappa shape index (κ3) is 3.81. The van der Waals surface area contributed by atoms with Crippen LogP contribution in [-0.2, 0) is 6.54 Å². The Hall–Kier alpha value is -1.01. The lowest BCUT2D eigenvalue weighted by atomic mass is 9.93. The van der Waals surface area contributed by atoms with Gasteiger partial charge in [0.05, 0.1) is 5.56 Å². The lowest BCUT2D eigenvalue weighted by Gasteiger charge is -2.30. The molecule has 1 atom stereocenters. The average molecular weight is 409 g/mol. The second-order valence-electron chi connectivity index (χ2n) is 7.10. The fraction of sp³-hybridized carbons (Fsp3) is 0.450. The number of carbonyl (C=O) groups is 1. The van der Waals surface area contributed by atoms with Gasteiger partial charge in [0.25, 0.3) is 5.91 Å². The molecule has 26 heavy (non-hydrogen) atoms. The van der Waals surface area contributed by atoms with E-state index in [-0.39, 0.29) is 18.3 Å². The fourth-order valence-electron chi connectivity index (χ4n) is 4.11. The number of thiophene rings is 1. The van der Waals surface area contributed by atoms with E-state index in [0.29, 0.717) is 11.5 Å². The van der Waals surface area contributed by atoms with Gasteiger partial charge in [-0.1, -0.05) is 12.1 Å². The highest BCUT2D eigenvalue weighted by Crippen LogP contribution is 2.56. The zero-order chi connectivity index (χ0) is 17.3. The number of nitrogens with zero attached hydrogens (tertiary/aromatic N) is 1. The quantitative estimate of drug-likeness (QED) is 0.729. The Morgan fingerprint density at radius 1 is 1.31 bits per heavy atom. The van der Waals surface area contributed by atoms with E-state index >= 15 is 0 Å². The van der Waals surface area contributed by atoms with Gasteiger partial charge in [-0.15, -0.1) is 24.2 Å². The topological polar surface area (TPSA) is 32.3 Å². The SMILES string of the molecule is CSc1ccccc1C(=O)N(Cc1ccsc1)C1CC12CCNCC2.Cl. The molecule has 1 saturated carbocycles. The minimum absolute atomic E-state index is 0. The lowest BCUT2D eigenvalue weighted by Crippen LogP contribution is -2.39. The molecule has 1 saturated heterocycles. The summed E-state index contributed by atoms with van der Waals surface area (Å²) in [7, 11) is 0. The molecule has 2 heterocycles. The summed E-state index contributed by atoms with van der Waals surface area (Å²) in [6, 6.07) is 10.5. The maximum atomic E-state index is 13.5. The molecule has 4 rings (SSSR count). The highest BCUT2D eigenvalue weighted by atomic mass is 35.5. The largest absolute Gasteiger partial charge is 0.331 e. The smallest absolute Gasteiger partial charge is 0.255 e. The van der Waals surface area contributed by atoms with E-state index in [9.17, 15) is 4.79 Å². The Morgan fingerprint density at radius 2 is 2.08 bits per heavy atom. The van der Waals surface area contributed by atoms with Gasteiger partial charge < -0.3 is 10.2 Å². The number of thioether (sulfide) groups is 1. The van der Waals surface area contributed by atoms with Crippen molar-refractivity contribution in [2.45, 2.75) is 36.7 Å². The molecule has 1 spiro atoms. The molecule has 1 N–H and O–H groups in total. The van der Waals surface area contributed by atoms with Crippen LogP contribution in [0, 0.1) is 5.41 Å². The summed E-state index contributed by atoms with van der Waals surface area (Å²) in [6.07, 6.45) is 5.58. The van der Waals surface area contributed by atoms with Crippen LogP contribution < -0.4 is 5.32 Å². The first kappa shape index (κ1) is 19.7. The number of amides is 1. The Bertz CT molecular complexity index is 744. The first-order chi connectivity index (χ1) is 12.2. The third-order valence-electron chi connectivity index (χ3n) is 5.65. The number of carbonyl (C=O) groups excluding carboxylic acids is 1. The predicted molar refractivity (Wildman–Crippen MR) is 113 cm³/mol. The lowest BCUT2D eigenvalue weighted by molar-refractivity contribution is 0.0689. The van der Waals surface area contributed by atoms with Crippen molar-refractivity contribution in [3.8, 4) is 0 Å². The first-order valence-corrected chi connectivity index (χ1v) is 11.1. The van der Waals surface area contributed by atoms with Gasteiger partial charge in [-0.05, 0) is 78.5 Å². The van der Waals surface area contributed by atoms with Crippen LogP contribution in [0.3, 0.4) is 0 Å². The maximum Gasteiger partial charge on any atom is 0.255 e. The van der Waals surface area contributed by atoms with Gasteiger partial charge in [-0.25, -0.2) is 0 Å². The van der Waals surface area contributed by atoms with Gasteiger partial charge >= 0.3 is 0 Å². The van der Waals surface area contributed by atoms with Crippen molar-refractivity contribution >= 4 is 41.4 Å². The highest BCUT2D eigenvalue weighted by molar-refractivity contribution is 7.98. The number of rotatable bonds is 5. The first-order valence-electron chi connectivity index (χ1n) is 8.89. The van der Waals surface area contributed by atoms with Crippen molar-refractivity contribution < 1.29 is 4.79 Å². The van der Waals surface area contributed by atoms with Gasteiger partial charge in [0.15, 0.2) is 0 Å². The third-order valence-corrected chi connectivity index (χ3v) is 7.18. The molecule has 1 unspecified atom stereocenters. The molecule has 2 aromatic rings. The van der Waals surface area contributed by atoms with Crippen LogP contribution in [0.4, 0.5) is 0 Å². The van der Waals surface area contributed by atoms with E-state index < -0.39 is 0 Å². The molecule has 1 aromatic heterocycles. The molecule has 1 amide bonds. The van der Waals surface area contributed by atoms with Crippen molar-refractivity contribution in [1.29, 1.82) is 0 Å².